The van der Waals surface area contributed by atoms with Gasteiger partial charge in [0.15, 0.2) is 0 Å². The average molecular weight is 311 g/mol. The lowest BCUT2D eigenvalue weighted by Crippen LogP contribution is -2.11. The number of hydrogen-bond acceptors (Lipinski definition) is 4. The van der Waals surface area contributed by atoms with E-state index in [-0.39, 0.29) is 5.41 Å². The third-order valence-corrected chi connectivity index (χ3v) is 4.42. The van der Waals surface area contributed by atoms with Crippen LogP contribution in [0.2, 0.25) is 0 Å². The van der Waals surface area contributed by atoms with E-state index in [4.69, 9.17) is 4.74 Å². The van der Waals surface area contributed by atoms with Crippen LogP contribution in [0.4, 0.5) is 0 Å². The van der Waals surface area contributed by atoms with E-state index in [1.165, 1.54) is 16.9 Å². The van der Waals surface area contributed by atoms with Crippen LogP contribution >= 0.6 is 11.3 Å². The number of fused-ring (bicyclic) bond motifs is 1. The first-order chi connectivity index (χ1) is 10.4. The summed E-state index contributed by atoms with van der Waals surface area (Å²) in [7, 11) is 0. The summed E-state index contributed by atoms with van der Waals surface area (Å²) < 4.78 is 6.39. The van der Waals surface area contributed by atoms with Crippen LogP contribution in [0.5, 0.6) is 5.75 Å². The van der Waals surface area contributed by atoms with Crippen LogP contribution in [0.3, 0.4) is 0 Å². The molecule has 0 N–H and O–H groups in total. The topological polar surface area (TPSA) is 39.2 Å². The molecule has 0 radical (unpaired) electrons. The maximum atomic E-state index is 12.2. The predicted molar refractivity (Wildman–Crippen MR) is 89.7 cm³/mol. The van der Waals surface area contributed by atoms with Crippen LogP contribution in [-0.2, 0) is 5.41 Å². The molecule has 0 unspecified atom stereocenters. The number of para-hydroxylation sites is 1. The second-order valence-corrected chi connectivity index (χ2v) is 7.18. The molecule has 0 bridgehead atoms. The number of carbonyl (C=O) groups excluding carboxylic acids is 1. The van der Waals surface area contributed by atoms with Gasteiger partial charge in [0, 0.05) is 0 Å². The van der Waals surface area contributed by atoms with Crippen molar-refractivity contribution in [2.75, 3.05) is 0 Å². The van der Waals surface area contributed by atoms with Gasteiger partial charge in [-0.1, -0.05) is 45.0 Å². The molecule has 3 aromatic rings. The SMILES string of the molecule is CC(C)(C)c1ccc(OC(=O)c2nc3ccccc3s2)cc1. The van der Waals surface area contributed by atoms with Gasteiger partial charge in [-0.15, -0.1) is 11.3 Å². The standard InChI is InChI=1S/C18H17NO2S/c1-18(2,3)12-8-10-13(11-9-12)21-17(20)16-19-14-6-4-5-7-15(14)22-16/h4-11H,1-3H3. The van der Waals surface area contributed by atoms with E-state index in [1.54, 1.807) is 0 Å². The van der Waals surface area contributed by atoms with E-state index in [0.29, 0.717) is 10.8 Å². The van der Waals surface area contributed by atoms with E-state index >= 15 is 0 Å². The highest BCUT2D eigenvalue weighted by Gasteiger charge is 2.16. The zero-order valence-electron chi connectivity index (χ0n) is 12.8. The van der Waals surface area contributed by atoms with Crippen LogP contribution in [0.1, 0.15) is 36.1 Å². The number of hydrogen-bond donors (Lipinski definition) is 0. The number of nitrogens with zero attached hydrogens (tertiary/aromatic N) is 1. The van der Waals surface area contributed by atoms with Gasteiger partial charge in [-0.2, -0.15) is 0 Å². The molecule has 0 saturated heterocycles. The Balaban J connectivity index is 1.79. The maximum Gasteiger partial charge on any atom is 0.372 e. The van der Waals surface area contributed by atoms with Crippen molar-refractivity contribution in [2.24, 2.45) is 0 Å². The summed E-state index contributed by atoms with van der Waals surface area (Å²) in [5, 5.41) is 0.376. The summed E-state index contributed by atoms with van der Waals surface area (Å²) in [6, 6.07) is 15.3. The minimum Gasteiger partial charge on any atom is -0.421 e. The summed E-state index contributed by atoms with van der Waals surface area (Å²) in [4.78, 5) is 16.5. The third kappa shape index (κ3) is 3.02. The Kier molecular flexibility index (Phi) is 3.71. The fourth-order valence-corrected chi connectivity index (χ4v) is 2.98. The number of carbonyl (C=O) groups is 1. The Hall–Kier alpha value is -2.20. The number of thiazole rings is 1. The zero-order chi connectivity index (χ0) is 15.7. The number of rotatable bonds is 2. The summed E-state index contributed by atoms with van der Waals surface area (Å²) in [6.07, 6.45) is 0. The number of ether oxygens (including phenoxy) is 1. The summed E-state index contributed by atoms with van der Waals surface area (Å²) in [6.45, 7) is 6.44. The quantitative estimate of drug-likeness (QED) is 0.503. The Labute approximate surface area is 133 Å². The van der Waals surface area contributed by atoms with Gasteiger partial charge in [-0.05, 0) is 35.2 Å². The molecule has 0 aliphatic heterocycles. The smallest absolute Gasteiger partial charge is 0.372 e. The van der Waals surface area contributed by atoms with Crippen LogP contribution in [0.25, 0.3) is 10.2 Å². The average Bonchev–Trinajstić information content (AvgIpc) is 2.91. The van der Waals surface area contributed by atoms with Crippen molar-refractivity contribution >= 4 is 27.5 Å². The molecule has 3 rings (SSSR count). The normalized spacial score (nSPS) is 11.6. The second kappa shape index (κ2) is 5.54. The Bertz CT molecular complexity index is 780. The third-order valence-electron chi connectivity index (χ3n) is 3.40. The van der Waals surface area contributed by atoms with Gasteiger partial charge in [0.1, 0.15) is 5.75 Å². The van der Waals surface area contributed by atoms with Crippen LogP contribution in [0, 0.1) is 0 Å². The monoisotopic (exact) mass is 311 g/mol. The van der Waals surface area contributed by atoms with Crippen LogP contribution in [0.15, 0.2) is 48.5 Å². The number of esters is 1. The van der Waals surface area contributed by atoms with Gasteiger partial charge in [0.25, 0.3) is 0 Å². The number of benzene rings is 2. The lowest BCUT2D eigenvalue weighted by atomic mass is 9.87. The molecule has 0 aliphatic carbocycles. The molecule has 1 aromatic heterocycles. The lowest BCUT2D eigenvalue weighted by Gasteiger charge is -2.18. The van der Waals surface area contributed by atoms with Gasteiger partial charge in [-0.25, -0.2) is 9.78 Å². The van der Waals surface area contributed by atoms with Gasteiger partial charge >= 0.3 is 5.97 Å². The first-order valence-electron chi connectivity index (χ1n) is 7.12. The fraction of sp³-hybridized carbons (Fsp3) is 0.222. The Morgan fingerprint density at radius 2 is 1.73 bits per heavy atom. The molecule has 3 nitrogen and oxygen atoms in total. The molecular formula is C18H17NO2S. The summed E-state index contributed by atoms with van der Waals surface area (Å²) in [5.41, 5.74) is 2.10. The highest BCUT2D eigenvalue weighted by atomic mass is 32.1. The predicted octanol–water partition coefficient (Wildman–Crippen LogP) is 4.81. The lowest BCUT2D eigenvalue weighted by molar-refractivity contribution is 0.0734. The Morgan fingerprint density at radius 1 is 1.05 bits per heavy atom. The maximum absolute atomic E-state index is 12.2. The summed E-state index contributed by atoms with van der Waals surface area (Å²) >= 11 is 1.35. The molecule has 0 aliphatic rings. The minimum absolute atomic E-state index is 0.0789. The molecule has 0 saturated carbocycles. The van der Waals surface area contributed by atoms with Gasteiger partial charge in [0.2, 0.25) is 5.01 Å². The van der Waals surface area contributed by atoms with Crippen LogP contribution < -0.4 is 4.74 Å². The van der Waals surface area contributed by atoms with Crippen molar-refractivity contribution in [3.63, 3.8) is 0 Å². The molecule has 0 amide bonds. The van der Waals surface area contributed by atoms with Crippen LogP contribution in [-0.4, -0.2) is 11.0 Å². The minimum atomic E-state index is -0.412. The van der Waals surface area contributed by atoms with Gasteiger partial charge in [-0.3, -0.25) is 0 Å². The molecular weight excluding hydrogens is 294 g/mol. The zero-order valence-corrected chi connectivity index (χ0v) is 13.6. The van der Waals surface area contributed by atoms with Crippen molar-refractivity contribution in [2.45, 2.75) is 26.2 Å². The van der Waals surface area contributed by atoms with Gasteiger partial charge in [0.05, 0.1) is 10.2 Å². The van der Waals surface area contributed by atoms with Crippen molar-refractivity contribution < 1.29 is 9.53 Å². The van der Waals surface area contributed by atoms with E-state index in [9.17, 15) is 4.79 Å². The van der Waals surface area contributed by atoms with Crippen molar-refractivity contribution in [3.8, 4) is 5.75 Å². The Morgan fingerprint density at radius 3 is 2.36 bits per heavy atom. The molecule has 22 heavy (non-hydrogen) atoms. The van der Waals surface area contributed by atoms with E-state index in [0.717, 1.165) is 10.2 Å². The largest absolute Gasteiger partial charge is 0.421 e. The summed E-state index contributed by atoms with van der Waals surface area (Å²) in [5.74, 6) is 0.127. The first kappa shape index (κ1) is 14.7. The van der Waals surface area contributed by atoms with E-state index < -0.39 is 5.97 Å². The molecule has 2 aromatic carbocycles. The highest BCUT2D eigenvalue weighted by molar-refractivity contribution is 7.20. The van der Waals surface area contributed by atoms with Crippen molar-refractivity contribution in [1.29, 1.82) is 0 Å². The van der Waals surface area contributed by atoms with E-state index in [1.807, 2.05) is 48.5 Å². The molecule has 0 spiro atoms. The second-order valence-electron chi connectivity index (χ2n) is 6.15. The first-order valence-corrected chi connectivity index (χ1v) is 7.93. The van der Waals surface area contributed by atoms with Crippen molar-refractivity contribution in [1.82, 2.24) is 4.98 Å². The molecule has 112 valence electrons. The van der Waals surface area contributed by atoms with Gasteiger partial charge < -0.3 is 4.74 Å². The highest BCUT2D eigenvalue weighted by Crippen LogP contribution is 2.26. The van der Waals surface area contributed by atoms with E-state index in [2.05, 4.69) is 25.8 Å². The number of aromatic nitrogens is 1. The molecule has 4 heteroatoms. The molecule has 0 fully saturated rings. The fourth-order valence-electron chi connectivity index (χ4n) is 2.13. The van der Waals surface area contributed by atoms with Crippen molar-refractivity contribution in [3.05, 3.63) is 59.1 Å². The molecule has 0 atom stereocenters. The molecule has 1 heterocycles.